The molecular weight excluding hydrogens is 192 g/mol. The lowest BCUT2D eigenvalue weighted by Crippen LogP contribution is -2.49. The van der Waals surface area contributed by atoms with Crippen molar-refractivity contribution in [3.05, 3.63) is 0 Å². The van der Waals surface area contributed by atoms with Crippen molar-refractivity contribution in [2.75, 3.05) is 0 Å². The predicted molar refractivity (Wildman–Crippen MR) is 71.3 cm³/mol. The number of rotatable bonds is 2. The van der Waals surface area contributed by atoms with E-state index in [9.17, 15) is 0 Å². The van der Waals surface area contributed by atoms with Gasteiger partial charge in [-0.25, -0.2) is 0 Å². The molecule has 5 atom stereocenters. The van der Waals surface area contributed by atoms with Gasteiger partial charge in [0.25, 0.3) is 0 Å². The van der Waals surface area contributed by atoms with E-state index in [4.69, 9.17) is 0 Å². The highest BCUT2D eigenvalue weighted by molar-refractivity contribution is 4.96. The average Bonchev–Trinajstić information content (AvgIpc) is 2.31. The van der Waals surface area contributed by atoms with Crippen LogP contribution in [0.15, 0.2) is 0 Å². The van der Waals surface area contributed by atoms with Crippen molar-refractivity contribution in [3.8, 4) is 0 Å². The first kappa shape index (κ1) is 12.5. The van der Waals surface area contributed by atoms with Gasteiger partial charge in [-0.05, 0) is 47.8 Å². The van der Waals surface area contributed by atoms with Gasteiger partial charge in [-0.3, -0.25) is 0 Å². The molecule has 0 saturated heterocycles. The molecule has 2 aliphatic carbocycles. The molecule has 0 spiro atoms. The summed E-state index contributed by atoms with van der Waals surface area (Å²) in [7, 11) is 0. The molecule has 0 bridgehead atoms. The maximum atomic E-state index is 2.51. The number of hydrogen-bond acceptors (Lipinski definition) is 0. The molecule has 0 aromatic rings. The molecular formula is C16H30. The summed E-state index contributed by atoms with van der Waals surface area (Å²) in [5.41, 5.74) is 0. The van der Waals surface area contributed by atoms with Crippen LogP contribution >= 0.6 is 0 Å². The zero-order valence-corrected chi connectivity index (χ0v) is 11.9. The molecule has 5 unspecified atom stereocenters. The fourth-order valence-corrected chi connectivity index (χ4v) is 4.65. The van der Waals surface area contributed by atoms with Gasteiger partial charge in [0.2, 0.25) is 0 Å². The van der Waals surface area contributed by atoms with Gasteiger partial charge in [0.15, 0.2) is 0 Å². The lowest BCUT2D eigenvalue weighted by atomic mass is 9.50. The van der Waals surface area contributed by atoms with E-state index in [2.05, 4.69) is 34.6 Å². The Bertz CT molecular complexity index is 222. The Hall–Kier alpha value is 0. The van der Waals surface area contributed by atoms with Crippen molar-refractivity contribution in [1.82, 2.24) is 0 Å². The Morgan fingerprint density at radius 3 is 2.06 bits per heavy atom. The van der Waals surface area contributed by atoms with Crippen LogP contribution < -0.4 is 0 Å². The van der Waals surface area contributed by atoms with E-state index in [1.54, 1.807) is 0 Å². The van der Waals surface area contributed by atoms with Crippen LogP contribution in [0.5, 0.6) is 0 Å². The van der Waals surface area contributed by atoms with Gasteiger partial charge >= 0.3 is 0 Å². The molecule has 0 aliphatic heterocycles. The first-order valence-corrected chi connectivity index (χ1v) is 7.56. The van der Waals surface area contributed by atoms with Crippen LogP contribution in [0.25, 0.3) is 0 Å². The fourth-order valence-electron chi connectivity index (χ4n) is 4.65. The van der Waals surface area contributed by atoms with Crippen molar-refractivity contribution >= 4 is 0 Å². The minimum Gasteiger partial charge on any atom is -0.0651 e. The third kappa shape index (κ3) is 1.93. The second-order valence-electron chi connectivity index (χ2n) is 6.88. The molecule has 2 rings (SSSR count). The van der Waals surface area contributed by atoms with Gasteiger partial charge in [0.05, 0.1) is 0 Å². The Kier molecular flexibility index (Phi) is 3.66. The summed E-state index contributed by atoms with van der Waals surface area (Å²) in [5.74, 6) is 7.05. The normalized spacial score (nSPS) is 53.4. The highest BCUT2D eigenvalue weighted by Crippen LogP contribution is 2.54. The maximum Gasteiger partial charge on any atom is -0.0326 e. The molecule has 0 N–H and O–H groups in total. The monoisotopic (exact) mass is 222 g/mol. The highest BCUT2D eigenvalue weighted by atomic mass is 14.5. The quantitative estimate of drug-likeness (QED) is 0.617. The van der Waals surface area contributed by atoms with Crippen LogP contribution in [0.3, 0.4) is 0 Å². The molecule has 0 aromatic heterocycles. The summed E-state index contributed by atoms with van der Waals surface area (Å²) < 4.78 is 0. The van der Waals surface area contributed by atoms with E-state index in [1.165, 1.54) is 25.7 Å². The van der Waals surface area contributed by atoms with Gasteiger partial charge in [-0.1, -0.05) is 53.9 Å². The van der Waals surface area contributed by atoms with E-state index in [1.807, 2.05) is 0 Å². The van der Waals surface area contributed by atoms with Crippen molar-refractivity contribution in [1.29, 1.82) is 0 Å². The summed E-state index contributed by atoms with van der Waals surface area (Å²) in [4.78, 5) is 0. The lowest BCUT2D eigenvalue weighted by molar-refractivity contribution is -0.0636. The SMILES string of the molecule is CCC1CCC(C)C(C2C(C)C(C)C2C)C1. The lowest BCUT2D eigenvalue weighted by Gasteiger charge is -2.55. The average molecular weight is 222 g/mol. The molecule has 0 radical (unpaired) electrons. The van der Waals surface area contributed by atoms with E-state index < -0.39 is 0 Å². The standard InChI is InChI=1S/C16H30/c1-6-14-8-7-10(2)15(9-14)16-12(4)11(3)13(16)5/h10-16H,6-9H2,1-5H3. The predicted octanol–water partition coefficient (Wildman–Crippen LogP) is 4.99. The first-order chi connectivity index (χ1) is 7.56. The second-order valence-corrected chi connectivity index (χ2v) is 6.88. The van der Waals surface area contributed by atoms with Crippen LogP contribution in [0.1, 0.15) is 60.3 Å². The van der Waals surface area contributed by atoms with Crippen LogP contribution in [-0.4, -0.2) is 0 Å². The topological polar surface area (TPSA) is 0 Å². The van der Waals surface area contributed by atoms with Gasteiger partial charge in [-0.15, -0.1) is 0 Å². The summed E-state index contributed by atoms with van der Waals surface area (Å²) in [5, 5.41) is 0. The Labute approximate surface area is 102 Å². The molecule has 2 saturated carbocycles. The van der Waals surface area contributed by atoms with E-state index in [0.717, 1.165) is 41.4 Å². The fraction of sp³-hybridized carbons (Fsp3) is 1.00. The first-order valence-electron chi connectivity index (χ1n) is 7.56. The van der Waals surface area contributed by atoms with Crippen LogP contribution in [0.2, 0.25) is 0 Å². The Morgan fingerprint density at radius 1 is 0.875 bits per heavy atom. The summed E-state index contributed by atoms with van der Waals surface area (Å²) in [6.07, 6.45) is 5.94. The maximum absolute atomic E-state index is 2.51. The van der Waals surface area contributed by atoms with E-state index in [0.29, 0.717) is 0 Å². The zero-order valence-electron chi connectivity index (χ0n) is 11.9. The van der Waals surface area contributed by atoms with Crippen molar-refractivity contribution in [2.24, 2.45) is 41.4 Å². The van der Waals surface area contributed by atoms with Gasteiger partial charge in [0, 0.05) is 0 Å². The van der Waals surface area contributed by atoms with Crippen molar-refractivity contribution in [3.63, 3.8) is 0 Å². The van der Waals surface area contributed by atoms with E-state index >= 15 is 0 Å². The van der Waals surface area contributed by atoms with Crippen molar-refractivity contribution < 1.29 is 0 Å². The molecule has 0 nitrogen and oxygen atoms in total. The zero-order chi connectivity index (χ0) is 11.9. The molecule has 0 amide bonds. The minimum absolute atomic E-state index is 0.971. The van der Waals surface area contributed by atoms with Crippen molar-refractivity contribution in [2.45, 2.75) is 60.3 Å². The van der Waals surface area contributed by atoms with Crippen LogP contribution in [-0.2, 0) is 0 Å². The van der Waals surface area contributed by atoms with Gasteiger partial charge in [-0.2, -0.15) is 0 Å². The second kappa shape index (κ2) is 4.70. The van der Waals surface area contributed by atoms with Crippen LogP contribution in [0.4, 0.5) is 0 Å². The van der Waals surface area contributed by atoms with Crippen LogP contribution in [0, 0.1) is 41.4 Å². The molecule has 0 aromatic carbocycles. The smallest absolute Gasteiger partial charge is 0.0326 e. The summed E-state index contributed by atoms with van der Waals surface area (Å²) in [6, 6.07) is 0. The largest absolute Gasteiger partial charge is 0.0651 e. The molecule has 94 valence electrons. The van der Waals surface area contributed by atoms with E-state index in [-0.39, 0.29) is 0 Å². The third-order valence-corrected chi connectivity index (χ3v) is 6.31. The molecule has 2 fully saturated rings. The van der Waals surface area contributed by atoms with Gasteiger partial charge < -0.3 is 0 Å². The third-order valence-electron chi connectivity index (χ3n) is 6.31. The molecule has 16 heavy (non-hydrogen) atoms. The Balaban J connectivity index is 2.02. The molecule has 0 heteroatoms. The summed E-state index contributed by atoms with van der Waals surface area (Å²) in [6.45, 7) is 12.3. The highest BCUT2D eigenvalue weighted by Gasteiger charge is 2.48. The van der Waals surface area contributed by atoms with Gasteiger partial charge in [0.1, 0.15) is 0 Å². The Morgan fingerprint density at radius 2 is 1.50 bits per heavy atom. The molecule has 0 heterocycles. The molecule has 2 aliphatic rings. The summed E-state index contributed by atoms with van der Waals surface area (Å²) >= 11 is 0. The number of hydrogen-bond donors (Lipinski definition) is 0. The minimum atomic E-state index is 0.971.